The fourth-order valence-electron chi connectivity index (χ4n) is 3.86. The maximum atomic E-state index is 12.4. The van der Waals surface area contributed by atoms with Gasteiger partial charge in [-0.25, -0.2) is 4.79 Å². The summed E-state index contributed by atoms with van der Waals surface area (Å²) in [4.78, 5) is 38.7. The van der Waals surface area contributed by atoms with E-state index in [9.17, 15) is 14.4 Å². The summed E-state index contributed by atoms with van der Waals surface area (Å²) in [6.45, 7) is 13.2. The predicted molar refractivity (Wildman–Crippen MR) is 135 cm³/mol. The number of carboxylic acids is 1. The van der Waals surface area contributed by atoms with Crippen LogP contribution in [-0.4, -0.2) is 71.5 Å². The van der Waals surface area contributed by atoms with Crippen LogP contribution in [0.3, 0.4) is 0 Å². The van der Waals surface area contributed by atoms with Gasteiger partial charge in [-0.15, -0.1) is 0 Å². The number of hydrogen-bond acceptors (Lipinski definition) is 4. The number of hydrogen-bond donors (Lipinski definition) is 2. The first kappa shape index (κ1) is 31.1. The Morgan fingerprint density at radius 1 is 1.09 bits per heavy atom. The molecule has 0 aromatic heterocycles. The number of carbonyl (C=O) groups excluding carboxylic acids is 2. The molecule has 2 N–H and O–H groups in total. The van der Waals surface area contributed by atoms with Gasteiger partial charge in [0, 0.05) is 25.2 Å². The van der Waals surface area contributed by atoms with Crippen LogP contribution in [0.15, 0.2) is 11.6 Å². The Morgan fingerprint density at radius 3 is 2.09 bits per heavy atom. The fourth-order valence-corrected chi connectivity index (χ4v) is 3.86. The van der Waals surface area contributed by atoms with Gasteiger partial charge in [-0.3, -0.25) is 14.5 Å². The number of likely N-dealkylation sites (N-methyl/N-ethyl adjacent to an activating group) is 1. The molecule has 1 atom stereocenters. The molecule has 1 unspecified atom stereocenters. The zero-order chi connectivity index (χ0) is 25.4. The van der Waals surface area contributed by atoms with E-state index in [0.717, 1.165) is 31.7 Å². The molecule has 1 heterocycles. The zero-order valence-electron chi connectivity index (χ0n) is 22.2. The molecule has 2 amide bonds. The molecule has 33 heavy (non-hydrogen) atoms. The smallest absolute Gasteiger partial charge is 0.331 e. The Bertz CT molecular complexity index is 613. The van der Waals surface area contributed by atoms with Crippen molar-refractivity contribution < 1.29 is 19.5 Å². The van der Waals surface area contributed by atoms with Gasteiger partial charge in [0.05, 0.1) is 12.6 Å². The number of aliphatic carboxylic acids is 1. The number of nitrogens with one attached hydrogen (secondary N) is 1. The second-order valence-electron chi connectivity index (χ2n) is 9.62. The van der Waals surface area contributed by atoms with Crippen molar-refractivity contribution in [1.82, 2.24) is 15.1 Å². The van der Waals surface area contributed by atoms with Crippen LogP contribution >= 0.6 is 0 Å². The monoisotopic (exact) mass is 467 g/mol. The van der Waals surface area contributed by atoms with Gasteiger partial charge in [0.15, 0.2) is 0 Å². The van der Waals surface area contributed by atoms with Crippen molar-refractivity contribution in [2.24, 2.45) is 5.92 Å². The van der Waals surface area contributed by atoms with Gasteiger partial charge in [0.25, 0.3) is 0 Å². The standard InChI is InChI=1S/C17H29N3O4.C6H12.C3H8/c1-12(2)20-9-6-5-7-14(20)16(22)18-11-15(21)19(4)10-8-13(3)17(23)24;1-6-4-2-3-5-6;1-3-2/h8,12,14H,5-7,9-11H2,1-4H3,(H,18,22)(H,23,24);6H,2-5H2,1H3;3H2,1-2H3/b13-8+;;. The minimum atomic E-state index is -1.00. The number of amides is 2. The Balaban J connectivity index is 0.000000946. The third kappa shape index (κ3) is 13.4. The third-order valence-electron chi connectivity index (χ3n) is 6.00. The molecule has 192 valence electrons. The van der Waals surface area contributed by atoms with Gasteiger partial charge in [-0.1, -0.05) is 65.4 Å². The Morgan fingerprint density at radius 2 is 1.64 bits per heavy atom. The lowest BCUT2D eigenvalue weighted by molar-refractivity contribution is -0.134. The summed E-state index contributed by atoms with van der Waals surface area (Å²) in [7, 11) is 1.58. The number of carbonyl (C=O) groups is 3. The fraction of sp³-hybridized carbons (Fsp3) is 0.808. The average Bonchev–Trinajstić information content (AvgIpc) is 3.26. The van der Waals surface area contributed by atoms with Crippen molar-refractivity contribution in [2.75, 3.05) is 26.7 Å². The minimum absolute atomic E-state index is 0.0717. The highest BCUT2D eigenvalue weighted by Crippen LogP contribution is 2.23. The largest absolute Gasteiger partial charge is 0.478 e. The van der Waals surface area contributed by atoms with Crippen molar-refractivity contribution in [3.05, 3.63) is 11.6 Å². The molecule has 1 aliphatic heterocycles. The Labute approximate surface area is 202 Å². The SMILES string of the molecule is C/C(=C\CN(C)C(=O)CNC(=O)C1CCCCN1C(C)C)C(=O)O.CC1CCCC1.CCC. The highest BCUT2D eigenvalue weighted by Gasteiger charge is 2.30. The van der Waals surface area contributed by atoms with Gasteiger partial charge >= 0.3 is 5.97 Å². The molecule has 0 aromatic carbocycles. The third-order valence-corrected chi connectivity index (χ3v) is 6.00. The second-order valence-corrected chi connectivity index (χ2v) is 9.62. The minimum Gasteiger partial charge on any atom is -0.478 e. The summed E-state index contributed by atoms with van der Waals surface area (Å²) in [5.74, 6) is -0.313. The average molecular weight is 468 g/mol. The van der Waals surface area contributed by atoms with Crippen LogP contribution in [0.4, 0.5) is 0 Å². The molecule has 0 bridgehead atoms. The molecule has 7 heteroatoms. The van der Waals surface area contributed by atoms with Gasteiger partial charge in [-0.2, -0.15) is 0 Å². The molecule has 0 radical (unpaired) electrons. The Kier molecular flexibility index (Phi) is 16.6. The van der Waals surface area contributed by atoms with Crippen LogP contribution < -0.4 is 5.32 Å². The summed E-state index contributed by atoms with van der Waals surface area (Å²) < 4.78 is 0. The normalized spacial score (nSPS) is 19.2. The van der Waals surface area contributed by atoms with E-state index in [1.165, 1.54) is 50.0 Å². The van der Waals surface area contributed by atoms with Crippen LogP contribution in [0.1, 0.15) is 92.9 Å². The maximum Gasteiger partial charge on any atom is 0.331 e. The second kappa shape index (κ2) is 17.6. The molecule has 1 saturated carbocycles. The first-order valence-electron chi connectivity index (χ1n) is 12.7. The van der Waals surface area contributed by atoms with E-state index in [0.29, 0.717) is 6.04 Å². The number of carboxylic acid groups (broad SMARTS) is 1. The first-order chi connectivity index (χ1) is 15.5. The summed E-state index contributed by atoms with van der Waals surface area (Å²) in [6.07, 6.45) is 11.6. The summed E-state index contributed by atoms with van der Waals surface area (Å²) in [5, 5.41) is 11.5. The van der Waals surface area contributed by atoms with E-state index in [1.54, 1.807) is 7.05 Å². The molecule has 2 rings (SSSR count). The highest BCUT2D eigenvalue weighted by molar-refractivity contribution is 5.88. The number of rotatable bonds is 7. The molecule has 0 spiro atoms. The molecule has 2 fully saturated rings. The molecule has 0 aromatic rings. The van der Waals surface area contributed by atoms with Crippen LogP contribution in [0, 0.1) is 5.92 Å². The van der Waals surface area contributed by atoms with Crippen molar-refractivity contribution in [1.29, 1.82) is 0 Å². The van der Waals surface area contributed by atoms with E-state index in [-0.39, 0.29) is 36.5 Å². The molecular formula is C26H49N3O4. The zero-order valence-corrected chi connectivity index (χ0v) is 22.2. The van der Waals surface area contributed by atoms with Crippen LogP contribution in [0.25, 0.3) is 0 Å². The maximum absolute atomic E-state index is 12.4. The molecule has 7 nitrogen and oxygen atoms in total. The van der Waals surface area contributed by atoms with Crippen LogP contribution in [-0.2, 0) is 14.4 Å². The van der Waals surface area contributed by atoms with E-state index in [1.807, 2.05) is 0 Å². The topological polar surface area (TPSA) is 90.0 Å². The molecule has 1 aliphatic carbocycles. The molecule has 1 saturated heterocycles. The van der Waals surface area contributed by atoms with E-state index >= 15 is 0 Å². The lowest BCUT2D eigenvalue weighted by atomic mass is 9.99. The van der Waals surface area contributed by atoms with Gasteiger partial charge < -0.3 is 15.3 Å². The van der Waals surface area contributed by atoms with E-state index < -0.39 is 5.97 Å². The lowest BCUT2D eigenvalue weighted by Crippen LogP contribution is -2.53. The van der Waals surface area contributed by atoms with Crippen molar-refractivity contribution >= 4 is 17.8 Å². The van der Waals surface area contributed by atoms with Crippen LogP contribution in [0.5, 0.6) is 0 Å². The number of likely N-dealkylation sites (tertiary alicyclic amines) is 1. The van der Waals surface area contributed by atoms with E-state index in [2.05, 4.69) is 44.8 Å². The number of piperidine rings is 1. The van der Waals surface area contributed by atoms with Crippen molar-refractivity contribution in [3.63, 3.8) is 0 Å². The van der Waals surface area contributed by atoms with Gasteiger partial charge in [0.2, 0.25) is 11.8 Å². The quantitative estimate of drug-likeness (QED) is 0.539. The van der Waals surface area contributed by atoms with Gasteiger partial charge in [-0.05, 0) is 46.1 Å². The predicted octanol–water partition coefficient (Wildman–Crippen LogP) is 4.47. The lowest BCUT2D eigenvalue weighted by Gasteiger charge is -2.37. The molecular weight excluding hydrogens is 418 g/mol. The van der Waals surface area contributed by atoms with Gasteiger partial charge in [0.1, 0.15) is 0 Å². The van der Waals surface area contributed by atoms with E-state index in [4.69, 9.17) is 5.11 Å². The summed E-state index contributed by atoms with van der Waals surface area (Å²) >= 11 is 0. The molecule has 2 aliphatic rings. The first-order valence-corrected chi connectivity index (χ1v) is 12.7. The highest BCUT2D eigenvalue weighted by atomic mass is 16.4. The Hall–Kier alpha value is -1.89. The van der Waals surface area contributed by atoms with Crippen LogP contribution in [0.2, 0.25) is 0 Å². The number of nitrogens with zero attached hydrogens (tertiary/aromatic N) is 2. The van der Waals surface area contributed by atoms with Crippen molar-refractivity contribution in [3.8, 4) is 0 Å². The summed E-state index contributed by atoms with van der Waals surface area (Å²) in [5.41, 5.74) is 0.188. The van der Waals surface area contributed by atoms with Crippen molar-refractivity contribution in [2.45, 2.75) is 105 Å². The summed E-state index contributed by atoms with van der Waals surface area (Å²) in [6, 6.07) is 0.120.